The SMILES string of the molecule is C=CC(=O)N1CCC[C@@H]1Cn1c(NC(=O)c2ccc(-c3cnco3)s2)nc2cc(CNC3CCOC3)ccc21. The van der Waals surface area contributed by atoms with Crippen LogP contribution in [0.1, 0.15) is 34.5 Å². The number of nitrogens with one attached hydrogen (secondary N) is 2. The zero-order valence-electron chi connectivity index (χ0n) is 21.5. The number of carbonyl (C=O) groups excluding carboxylic acids is 2. The van der Waals surface area contributed by atoms with Crippen LogP contribution >= 0.6 is 11.3 Å². The smallest absolute Gasteiger partial charge is 0.268 e. The molecule has 2 aliphatic heterocycles. The van der Waals surface area contributed by atoms with Gasteiger partial charge in [-0.15, -0.1) is 11.3 Å². The van der Waals surface area contributed by atoms with Gasteiger partial charge in [0.25, 0.3) is 5.91 Å². The minimum absolute atomic E-state index is 0.00736. The molecule has 1 unspecified atom stereocenters. The van der Waals surface area contributed by atoms with E-state index in [4.69, 9.17) is 14.1 Å². The van der Waals surface area contributed by atoms with Crippen LogP contribution in [0.15, 0.2) is 60.0 Å². The molecule has 39 heavy (non-hydrogen) atoms. The highest BCUT2D eigenvalue weighted by molar-refractivity contribution is 7.17. The molecule has 2 saturated heterocycles. The Balaban J connectivity index is 1.28. The molecule has 2 atom stereocenters. The zero-order chi connectivity index (χ0) is 26.8. The number of hydrogen-bond acceptors (Lipinski definition) is 8. The zero-order valence-corrected chi connectivity index (χ0v) is 22.3. The molecule has 0 radical (unpaired) electrons. The van der Waals surface area contributed by atoms with E-state index in [-0.39, 0.29) is 17.9 Å². The number of aromatic nitrogens is 3. The van der Waals surface area contributed by atoms with Crippen molar-refractivity contribution in [3.8, 4) is 10.6 Å². The van der Waals surface area contributed by atoms with Crippen molar-refractivity contribution in [2.75, 3.05) is 25.1 Å². The summed E-state index contributed by atoms with van der Waals surface area (Å²) < 4.78 is 12.8. The maximum Gasteiger partial charge on any atom is 0.268 e. The highest BCUT2D eigenvalue weighted by atomic mass is 32.1. The maximum absolute atomic E-state index is 13.3. The van der Waals surface area contributed by atoms with E-state index in [1.807, 2.05) is 21.6 Å². The Morgan fingerprint density at radius 1 is 1.23 bits per heavy atom. The molecule has 11 heteroatoms. The van der Waals surface area contributed by atoms with Crippen LogP contribution in [0.25, 0.3) is 21.7 Å². The van der Waals surface area contributed by atoms with Gasteiger partial charge in [-0.25, -0.2) is 9.97 Å². The topological polar surface area (TPSA) is 115 Å². The van der Waals surface area contributed by atoms with E-state index in [2.05, 4.69) is 34.3 Å². The Morgan fingerprint density at radius 3 is 2.95 bits per heavy atom. The van der Waals surface area contributed by atoms with Crippen LogP contribution in [0.5, 0.6) is 0 Å². The van der Waals surface area contributed by atoms with Crippen LogP contribution in [-0.4, -0.2) is 63.1 Å². The molecular weight excluding hydrogens is 516 g/mol. The maximum atomic E-state index is 13.3. The quantitative estimate of drug-likeness (QED) is 0.304. The predicted molar refractivity (Wildman–Crippen MR) is 148 cm³/mol. The number of benzene rings is 1. The van der Waals surface area contributed by atoms with E-state index in [1.165, 1.54) is 23.8 Å². The predicted octanol–water partition coefficient (Wildman–Crippen LogP) is 4.06. The third-order valence-corrected chi connectivity index (χ3v) is 8.39. The largest absolute Gasteiger partial charge is 0.443 e. The number of ether oxygens (including phenoxy) is 1. The second-order valence-electron chi connectivity index (χ2n) is 9.83. The Morgan fingerprint density at radius 2 is 2.15 bits per heavy atom. The summed E-state index contributed by atoms with van der Waals surface area (Å²) in [4.78, 5) is 37.8. The van der Waals surface area contributed by atoms with Gasteiger partial charge in [0.05, 0.1) is 39.6 Å². The molecular formula is C28H30N6O4S. The third kappa shape index (κ3) is 5.38. The fraction of sp³-hybridized carbons (Fsp3) is 0.357. The van der Waals surface area contributed by atoms with Crippen molar-refractivity contribution >= 4 is 40.1 Å². The summed E-state index contributed by atoms with van der Waals surface area (Å²) in [7, 11) is 0. The number of fused-ring (bicyclic) bond motifs is 1. The molecule has 10 nitrogen and oxygen atoms in total. The average molecular weight is 547 g/mol. The van der Waals surface area contributed by atoms with Crippen molar-refractivity contribution in [3.05, 3.63) is 66.0 Å². The second kappa shape index (κ2) is 11.1. The van der Waals surface area contributed by atoms with Crippen LogP contribution in [0.2, 0.25) is 0 Å². The van der Waals surface area contributed by atoms with Crippen LogP contribution in [-0.2, 0) is 22.6 Å². The van der Waals surface area contributed by atoms with Gasteiger partial charge in [-0.2, -0.15) is 0 Å². The van der Waals surface area contributed by atoms with Crippen LogP contribution in [0.4, 0.5) is 5.95 Å². The Kier molecular flexibility index (Phi) is 7.27. The molecule has 0 saturated carbocycles. The molecule has 202 valence electrons. The number of rotatable bonds is 9. The van der Waals surface area contributed by atoms with Crippen LogP contribution in [0.3, 0.4) is 0 Å². The van der Waals surface area contributed by atoms with Gasteiger partial charge in [0.2, 0.25) is 11.9 Å². The van der Waals surface area contributed by atoms with Crippen LogP contribution < -0.4 is 10.6 Å². The molecule has 0 aliphatic carbocycles. The van der Waals surface area contributed by atoms with E-state index < -0.39 is 0 Å². The molecule has 2 fully saturated rings. The molecule has 4 aromatic rings. The molecule has 2 amide bonds. The lowest BCUT2D eigenvalue weighted by Gasteiger charge is -2.24. The summed E-state index contributed by atoms with van der Waals surface area (Å²) in [5, 5.41) is 6.57. The molecule has 5 heterocycles. The van der Waals surface area contributed by atoms with Gasteiger partial charge in [-0.05, 0) is 55.2 Å². The number of carbonyl (C=O) groups is 2. The van der Waals surface area contributed by atoms with Crippen molar-refractivity contribution in [1.82, 2.24) is 24.8 Å². The number of imidazole rings is 1. The molecule has 6 rings (SSSR count). The van der Waals surface area contributed by atoms with E-state index in [0.29, 0.717) is 42.3 Å². The van der Waals surface area contributed by atoms with E-state index >= 15 is 0 Å². The molecule has 2 aliphatic rings. The van der Waals surface area contributed by atoms with Crippen molar-refractivity contribution in [2.45, 2.75) is 44.4 Å². The minimum atomic E-state index is -0.254. The number of anilines is 1. The summed E-state index contributed by atoms with van der Waals surface area (Å²) in [6, 6.07) is 10.1. The number of thiophene rings is 1. The fourth-order valence-corrected chi connectivity index (χ4v) is 6.11. The first-order valence-electron chi connectivity index (χ1n) is 13.1. The highest BCUT2D eigenvalue weighted by Gasteiger charge is 2.29. The first kappa shape index (κ1) is 25.5. The van der Waals surface area contributed by atoms with Crippen molar-refractivity contribution in [1.29, 1.82) is 0 Å². The normalized spacial score (nSPS) is 19.1. The minimum Gasteiger partial charge on any atom is -0.443 e. The fourth-order valence-electron chi connectivity index (χ4n) is 5.26. The summed E-state index contributed by atoms with van der Waals surface area (Å²) in [6.07, 6.45) is 7.17. The number of oxazole rings is 1. The van der Waals surface area contributed by atoms with Gasteiger partial charge in [-0.1, -0.05) is 12.6 Å². The summed E-state index contributed by atoms with van der Waals surface area (Å²) in [5.74, 6) is 0.743. The van der Waals surface area contributed by atoms with Crippen molar-refractivity contribution in [3.63, 3.8) is 0 Å². The molecule has 1 aromatic carbocycles. The van der Waals surface area contributed by atoms with Crippen molar-refractivity contribution in [2.24, 2.45) is 0 Å². The van der Waals surface area contributed by atoms with E-state index in [9.17, 15) is 9.59 Å². The first-order valence-corrected chi connectivity index (χ1v) is 13.9. The molecule has 3 aromatic heterocycles. The number of nitrogens with zero attached hydrogens (tertiary/aromatic N) is 4. The van der Waals surface area contributed by atoms with Gasteiger partial charge in [0, 0.05) is 32.3 Å². The number of amides is 2. The standard InChI is InChI=1S/C28H30N6O4S/c1-2-26(35)33-10-3-4-20(33)15-34-22-6-5-18(13-30-19-9-11-37-16-19)12-21(22)31-28(34)32-27(36)25-8-7-24(39-25)23-14-29-17-38-23/h2,5-8,12,14,17,19-20,30H,1,3-4,9-11,13,15-16H2,(H,31,32,36)/t19?,20-/m1/s1. The lowest BCUT2D eigenvalue weighted by molar-refractivity contribution is -0.126. The van der Waals surface area contributed by atoms with Gasteiger partial charge >= 0.3 is 0 Å². The van der Waals surface area contributed by atoms with Crippen molar-refractivity contribution < 1.29 is 18.7 Å². The lowest BCUT2D eigenvalue weighted by Crippen LogP contribution is -2.37. The third-order valence-electron chi connectivity index (χ3n) is 7.30. The van der Waals surface area contributed by atoms with Gasteiger partial charge < -0.3 is 23.9 Å². The second-order valence-corrected chi connectivity index (χ2v) is 10.9. The lowest BCUT2D eigenvalue weighted by atomic mass is 10.1. The van der Waals surface area contributed by atoms with E-state index in [1.54, 1.807) is 12.3 Å². The van der Waals surface area contributed by atoms with Gasteiger partial charge in [0.15, 0.2) is 12.2 Å². The van der Waals surface area contributed by atoms with Gasteiger partial charge in [0.1, 0.15) is 0 Å². The first-order chi connectivity index (χ1) is 19.1. The molecule has 2 N–H and O–H groups in total. The molecule has 0 spiro atoms. The monoisotopic (exact) mass is 546 g/mol. The number of likely N-dealkylation sites (tertiary alicyclic amines) is 1. The summed E-state index contributed by atoms with van der Waals surface area (Å²) in [6.45, 7) is 7.12. The van der Waals surface area contributed by atoms with E-state index in [0.717, 1.165) is 54.0 Å². The summed E-state index contributed by atoms with van der Waals surface area (Å²) >= 11 is 1.33. The highest BCUT2D eigenvalue weighted by Crippen LogP contribution is 2.30. The Hall–Kier alpha value is -3.80. The Labute approximate surface area is 229 Å². The van der Waals surface area contributed by atoms with Gasteiger partial charge in [-0.3, -0.25) is 14.9 Å². The number of hydrogen-bond donors (Lipinski definition) is 2. The average Bonchev–Trinajstić information content (AvgIpc) is 3.78. The van der Waals surface area contributed by atoms with Crippen LogP contribution in [0, 0.1) is 0 Å². The Bertz CT molecular complexity index is 1490. The molecule has 0 bridgehead atoms. The summed E-state index contributed by atoms with van der Waals surface area (Å²) in [5.41, 5.74) is 2.81.